The standard InChI is InChI=1S/C8H17N3O/c1-6(9)3-4-7(11-2)5-8(10)12/h5-6,11H,3-4,9H2,1-2H3,(H2,10,12)/b7-5-. The number of allylic oxidation sites excluding steroid dienone is 1. The Bertz CT molecular complexity index is 175. The summed E-state index contributed by atoms with van der Waals surface area (Å²) in [5, 5.41) is 2.89. The van der Waals surface area contributed by atoms with Crippen LogP contribution in [0.5, 0.6) is 0 Å². The van der Waals surface area contributed by atoms with Crippen LogP contribution in [0.1, 0.15) is 19.8 Å². The zero-order valence-corrected chi connectivity index (χ0v) is 7.63. The van der Waals surface area contributed by atoms with Crippen molar-refractivity contribution in [3.8, 4) is 0 Å². The van der Waals surface area contributed by atoms with Crippen molar-refractivity contribution in [2.24, 2.45) is 11.5 Å². The molecule has 0 aliphatic rings. The van der Waals surface area contributed by atoms with E-state index in [4.69, 9.17) is 11.5 Å². The van der Waals surface area contributed by atoms with Crippen LogP contribution < -0.4 is 16.8 Å². The van der Waals surface area contributed by atoms with E-state index in [2.05, 4.69) is 5.32 Å². The lowest BCUT2D eigenvalue weighted by Gasteiger charge is -2.07. The molecule has 0 aromatic rings. The first-order valence-electron chi connectivity index (χ1n) is 3.99. The van der Waals surface area contributed by atoms with Crippen LogP contribution in [0.4, 0.5) is 0 Å². The Labute approximate surface area is 73.0 Å². The fourth-order valence-corrected chi connectivity index (χ4v) is 0.824. The first-order chi connectivity index (χ1) is 5.56. The molecule has 0 radical (unpaired) electrons. The molecule has 5 N–H and O–H groups in total. The van der Waals surface area contributed by atoms with Crippen LogP contribution in [-0.4, -0.2) is 19.0 Å². The number of hydrogen-bond acceptors (Lipinski definition) is 3. The number of rotatable bonds is 5. The molecule has 4 nitrogen and oxygen atoms in total. The van der Waals surface area contributed by atoms with Crippen molar-refractivity contribution in [3.63, 3.8) is 0 Å². The Morgan fingerprint density at radius 2 is 2.25 bits per heavy atom. The highest BCUT2D eigenvalue weighted by molar-refractivity contribution is 5.86. The summed E-state index contributed by atoms with van der Waals surface area (Å²) in [7, 11) is 1.76. The number of nitrogens with one attached hydrogen (secondary N) is 1. The monoisotopic (exact) mass is 171 g/mol. The van der Waals surface area contributed by atoms with Crippen LogP contribution in [0.3, 0.4) is 0 Å². The number of primary amides is 1. The maximum atomic E-state index is 10.5. The van der Waals surface area contributed by atoms with E-state index >= 15 is 0 Å². The topological polar surface area (TPSA) is 81.1 Å². The molecule has 0 bridgehead atoms. The van der Waals surface area contributed by atoms with E-state index in [0.717, 1.165) is 18.5 Å². The molecule has 12 heavy (non-hydrogen) atoms. The Kier molecular flexibility index (Phi) is 5.12. The maximum Gasteiger partial charge on any atom is 0.243 e. The number of carbonyl (C=O) groups is 1. The second-order valence-corrected chi connectivity index (χ2v) is 2.84. The van der Waals surface area contributed by atoms with Gasteiger partial charge in [-0.25, -0.2) is 0 Å². The lowest BCUT2D eigenvalue weighted by molar-refractivity contribution is -0.113. The van der Waals surface area contributed by atoms with E-state index in [1.54, 1.807) is 7.05 Å². The van der Waals surface area contributed by atoms with Gasteiger partial charge in [0, 0.05) is 24.9 Å². The summed E-state index contributed by atoms with van der Waals surface area (Å²) in [6.45, 7) is 1.93. The van der Waals surface area contributed by atoms with Crippen molar-refractivity contribution in [2.45, 2.75) is 25.8 Å². The summed E-state index contributed by atoms with van der Waals surface area (Å²) >= 11 is 0. The van der Waals surface area contributed by atoms with E-state index in [-0.39, 0.29) is 6.04 Å². The molecule has 4 heteroatoms. The lowest BCUT2D eigenvalue weighted by Crippen LogP contribution is -2.18. The Morgan fingerprint density at radius 1 is 1.67 bits per heavy atom. The molecule has 0 aromatic carbocycles. The fraction of sp³-hybridized carbons (Fsp3) is 0.625. The predicted molar refractivity (Wildman–Crippen MR) is 49.2 cm³/mol. The molecule has 0 heterocycles. The summed E-state index contributed by atoms with van der Waals surface area (Å²) in [4.78, 5) is 10.5. The summed E-state index contributed by atoms with van der Waals surface area (Å²) in [5.74, 6) is -0.427. The number of amides is 1. The summed E-state index contributed by atoms with van der Waals surface area (Å²) in [5.41, 5.74) is 11.4. The van der Waals surface area contributed by atoms with E-state index in [1.165, 1.54) is 6.08 Å². The summed E-state index contributed by atoms with van der Waals surface area (Å²) < 4.78 is 0. The normalized spacial score (nSPS) is 14.1. The van der Waals surface area contributed by atoms with Gasteiger partial charge in [-0.2, -0.15) is 0 Å². The third-order valence-electron chi connectivity index (χ3n) is 1.51. The van der Waals surface area contributed by atoms with Gasteiger partial charge in [-0.15, -0.1) is 0 Å². The SMILES string of the molecule is CN/C(=C\C(N)=O)CCC(C)N. The van der Waals surface area contributed by atoms with Gasteiger partial charge in [0.25, 0.3) is 0 Å². The Balaban J connectivity index is 3.91. The van der Waals surface area contributed by atoms with Gasteiger partial charge in [0.15, 0.2) is 0 Å². The van der Waals surface area contributed by atoms with Crippen molar-refractivity contribution < 1.29 is 4.79 Å². The van der Waals surface area contributed by atoms with Gasteiger partial charge < -0.3 is 16.8 Å². The Hall–Kier alpha value is -1.03. The smallest absolute Gasteiger partial charge is 0.243 e. The molecule has 0 spiro atoms. The van der Waals surface area contributed by atoms with Crippen molar-refractivity contribution in [1.82, 2.24) is 5.32 Å². The lowest BCUT2D eigenvalue weighted by atomic mass is 10.1. The van der Waals surface area contributed by atoms with Crippen molar-refractivity contribution in [3.05, 3.63) is 11.8 Å². The third kappa shape index (κ3) is 5.73. The van der Waals surface area contributed by atoms with E-state index in [9.17, 15) is 4.79 Å². The van der Waals surface area contributed by atoms with Crippen molar-refractivity contribution in [2.75, 3.05) is 7.05 Å². The van der Waals surface area contributed by atoms with E-state index in [0.29, 0.717) is 0 Å². The molecule has 0 saturated carbocycles. The van der Waals surface area contributed by atoms with Crippen molar-refractivity contribution >= 4 is 5.91 Å². The van der Waals surface area contributed by atoms with Gasteiger partial charge in [0.1, 0.15) is 0 Å². The van der Waals surface area contributed by atoms with Crippen LogP contribution in [-0.2, 0) is 4.79 Å². The number of hydrogen-bond donors (Lipinski definition) is 3. The second kappa shape index (κ2) is 5.60. The van der Waals surface area contributed by atoms with Gasteiger partial charge in [0.05, 0.1) is 0 Å². The maximum absolute atomic E-state index is 10.5. The first kappa shape index (κ1) is 11.0. The molecule has 1 unspecified atom stereocenters. The highest BCUT2D eigenvalue weighted by atomic mass is 16.1. The van der Waals surface area contributed by atoms with Crippen molar-refractivity contribution in [1.29, 1.82) is 0 Å². The zero-order valence-electron chi connectivity index (χ0n) is 7.63. The molecule has 0 rings (SSSR count). The van der Waals surface area contributed by atoms with Crippen LogP contribution in [0, 0.1) is 0 Å². The minimum Gasteiger partial charge on any atom is -0.391 e. The highest BCUT2D eigenvalue weighted by Crippen LogP contribution is 2.02. The fourth-order valence-electron chi connectivity index (χ4n) is 0.824. The molecule has 0 saturated heterocycles. The van der Waals surface area contributed by atoms with E-state index < -0.39 is 5.91 Å². The Morgan fingerprint density at radius 3 is 2.58 bits per heavy atom. The average molecular weight is 171 g/mol. The quantitative estimate of drug-likeness (QED) is 0.497. The molecule has 0 aliphatic carbocycles. The molecule has 0 fully saturated rings. The van der Waals surface area contributed by atoms with Crippen LogP contribution >= 0.6 is 0 Å². The second-order valence-electron chi connectivity index (χ2n) is 2.84. The van der Waals surface area contributed by atoms with Crippen LogP contribution in [0.15, 0.2) is 11.8 Å². The average Bonchev–Trinajstić information content (AvgIpc) is 1.97. The van der Waals surface area contributed by atoms with Crippen LogP contribution in [0.2, 0.25) is 0 Å². The number of nitrogens with two attached hydrogens (primary N) is 2. The highest BCUT2D eigenvalue weighted by Gasteiger charge is 1.99. The molecule has 70 valence electrons. The number of carbonyl (C=O) groups excluding carboxylic acids is 1. The van der Waals surface area contributed by atoms with Crippen LogP contribution in [0.25, 0.3) is 0 Å². The largest absolute Gasteiger partial charge is 0.391 e. The molecule has 0 aromatic heterocycles. The molecular formula is C8H17N3O. The predicted octanol–water partition coefficient (Wildman–Crippen LogP) is -0.298. The van der Waals surface area contributed by atoms with Gasteiger partial charge in [-0.3, -0.25) is 4.79 Å². The minimum absolute atomic E-state index is 0.148. The zero-order chi connectivity index (χ0) is 9.56. The van der Waals surface area contributed by atoms with E-state index in [1.807, 2.05) is 6.92 Å². The molecule has 0 aliphatic heterocycles. The van der Waals surface area contributed by atoms with Gasteiger partial charge in [0.2, 0.25) is 5.91 Å². The van der Waals surface area contributed by atoms with Gasteiger partial charge >= 0.3 is 0 Å². The molecular weight excluding hydrogens is 154 g/mol. The third-order valence-corrected chi connectivity index (χ3v) is 1.51. The minimum atomic E-state index is -0.427. The molecule has 1 amide bonds. The van der Waals surface area contributed by atoms with Gasteiger partial charge in [-0.05, 0) is 19.8 Å². The summed E-state index contributed by atoms with van der Waals surface area (Å²) in [6.07, 6.45) is 3.00. The molecule has 1 atom stereocenters. The first-order valence-corrected chi connectivity index (χ1v) is 3.99. The van der Waals surface area contributed by atoms with Gasteiger partial charge in [-0.1, -0.05) is 0 Å². The summed E-state index contributed by atoms with van der Waals surface area (Å²) in [6, 6.07) is 0.148.